The minimum Gasteiger partial charge on any atom is -0.486 e. The highest BCUT2D eigenvalue weighted by Gasteiger charge is 2.18. The molecule has 3 heterocycles. The predicted octanol–water partition coefficient (Wildman–Crippen LogP) is 1.63. The molecular formula is C16H14FN5O3. The minimum absolute atomic E-state index is 0.0774. The van der Waals surface area contributed by atoms with Crippen molar-refractivity contribution in [2.45, 2.75) is 6.54 Å². The van der Waals surface area contributed by atoms with Gasteiger partial charge in [-0.1, -0.05) is 6.07 Å². The van der Waals surface area contributed by atoms with Crippen molar-refractivity contribution in [3.63, 3.8) is 0 Å². The Morgan fingerprint density at radius 2 is 1.92 bits per heavy atom. The van der Waals surface area contributed by atoms with Crippen LogP contribution in [0.25, 0.3) is 11.2 Å². The number of halogens is 1. The number of fused-ring (bicyclic) bond motifs is 3. The highest BCUT2D eigenvalue weighted by atomic mass is 19.1. The Kier molecular flexibility index (Phi) is 3.60. The Morgan fingerprint density at radius 3 is 2.76 bits per heavy atom. The fourth-order valence-corrected chi connectivity index (χ4v) is 2.54. The molecule has 3 N–H and O–H groups in total. The van der Waals surface area contributed by atoms with Gasteiger partial charge in [0.2, 0.25) is 0 Å². The molecule has 0 radical (unpaired) electrons. The average molecular weight is 343 g/mol. The van der Waals surface area contributed by atoms with Crippen molar-refractivity contribution in [2.75, 3.05) is 18.9 Å². The molecule has 0 aliphatic carbocycles. The summed E-state index contributed by atoms with van der Waals surface area (Å²) in [5, 5.41) is 10.2. The Hall–Kier alpha value is -3.36. The molecule has 0 amide bonds. The molecule has 3 aromatic rings. The van der Waals surface area contributed by atoms with Crippen LogP contribution in [0.5, 0.6) is 17.8 Å². The number of nitrogen functional groups attached to an aromatic ring is 1. The molecule has 4 rings (SSSR count). The van der Waals surface area contributed by atoms with E-state index in [-0.39, 0.29) is 48.9 Å². The van der Waals surface area contributed by atoms with Gasteiger partial charge in [-0.15, -0.1) is 0 Å². The summed E-state index contributed by atoms with van der Waals surface area (Å²) in [7, 11) is 0. The Labute approximate surface area is 141 Å². The molecular weight excluding hydrogens is 329 g/mol. The van der Waals surface area contributed by atoms with Crippen LogP contribution in [-0.4, -0.2) is 37.8 Å². The van der Waals surface area contributed by atoms with Crippen LogP contribution >= 0.6 is 0 Å². The number of anilines is 1. The molecule has 1 aliphatic rings. The summed E-state index contributed by atoms with van der Waals surface area (Å²) >= 11 is 0. The third kappa shape index (κ3) is 2.80. The molecule has 0 fully saturated rings. The van der Waals surface area contributed by atoms with Crippen LogP contribution in [0.4, 0.5) is 10.2 Å². The second-order valence-corrected chi connectivity index (χ2v) is 5.42. The van der Waals surface area contributed by atoms with Crippen molar-refractivity contribution in [3.8, 4) is 17.8 Å². The minimum atomic E-state index is -0.464. The van der Waals surface area contributed by atoms with E-state index in [0.29, 0.717) is 11.2 Å². The van der Waals surface area contributed by atoms with Gasteiger partial charge >= 0.3 is 6.01 Å². The first-order valence-corrected chi connectivity index (χ1v) is 7.53. The molecule has 128 valence electrons. The largest absolute Gasteiger partial charge is 0.486 e. The fraction of sp³-hybridized carbons (Fsp3) is 0.188. The van der Waals surface area contributed by atoms with Crippen LogP contribution in [0.1, 0.15) is 5.56 Å². The molecule has 1 aromatic carbocycles. The lowest BCUT2D eigenvalue weighted by Gasteiger charge is -2.10. The first-order chi connectivity index (χ1) is 12.1. The van der Waals surface area contributed by atoms with Crippen molar-refractivity contribution >= 4 is 17.0 Å². The SMILES string of the molecule is Nc1nc2nc3c1nc(O)n3Cc1ccc(F)c(c1)OC/C=C/CO2. The van der Waals surface area contributed by atoms with E-state index in [1.807, 2.05) is 0 Å². The quantitative estimate of drug-likeness (QED) is 0.597. The molecule has 0 unspecified atom stereocenters. The van der Waals surface area contributed by atoms with Crippen molar-refractivity contribution in [1.29, 1.82) is 0 Å². The van der Waals surface area contributed by atoms with Crippen LogP contribution in [0.3, 0.4) is 0 Å². The predicted molar refractivity (Wildman–Crippen MR) is 87.0 cm³/mol. The zero-order valence-electron chi connectivity index (χ0n) is 13.0. The van der Waals surface area contributed by atoms with E-state index < -0.39 is 5.82 Å². The van der Waals surface area contributed by atoms with Crippen molar-refractivity contribution in [3.05, 3.63) is 41.7 Å². The van der Waals surface area contributed by atoms with E-state index in [1.165, 1.54) is 10.6 Å². The summed E-state index contributed by atoms with van der Waals surface area (Å²) in [6.07, 6.45) is 3.40. The maximum atomic E-state index is 13.9. The zero-order chi connectivity index (χ0) is 17.4. The summed E-state index contributed by atoms with van der Waals surface area (Å²) in [5.74, 6) is -0.235. The molecule has 25 heavy (non-hydrogen) atoms. The van der Waals surface area contributed by atoms with Crippen LogP contribution in [0.15, 0.2) is 30.4 Å². The van der Waals surface area contributed by atoms with E-state index >= 15 is 0 Å². The zero-order valence-corrected chi connectivity index (χ0v) is 13.0. The lowest BCUT2D eigenvalue weighted by molar-refractivity contribution is 0.325. The number of benzene rings is 1. The van der Waals surface area contributed by atoms with Crippen LogP contribution < -0.4 is 15.2 Å². The van der Waals surface area contributed by atoms with Gasteiger partial charge in [0.15, 0.2) is 28.5 Å². The van der Waals surface area contributed by atoms with E-state index in [4.69, 9.17) is 15.2 Å². The number of hydrogen-bond acceptors (Lipinski definition) is 7. The van der Waals surface area contributed by atoms with Gasteiger partial charge in [-0.05, 0) is 29.8 Å². The number of rotatable bonds is 0. The third-order valence-electron chi connectivity index (χ3n) is 3.73. The summed E-state index contributed by atoms with van der Waals surface area (Å²) in [5.41, 5.74) is 7.18. The van der Waals surface area contributed by atoms with Gasteiger partial charge in [-0.3, -0.25) is 4.57 Å². The molecule has 0 saturated carbocycles. The van der Waals surface area contributed by atoms with Gasteiger partial charge in [0.05, 0.1) is 6.54 Å². The highest BCUT2D eigenvalue weighted by Crippen LogP contribution is 2.27. The number of aromatic nitrogens is 4. The second-order valence-electron chi connectivity index (χ2n) is 5.42. The molecule has 9 heteroatoms. The van der Waals surface area contributed by atoms with Crippen molar-refractivity contribution in [2.24, 2.45) is 0 Å². The molecule has 8 nitrogen and oxygen atoms in total. The van der Waals surface area contributed by atoms with Gasteiger partial charge in [-0.2, -0.15) is 15.0 Å². The molecule has 4 bridgehead atoms. The number of hydrogen-bond donors (Lipinski definition) is 2. The Balaban J connectivity index is 1.88. The van der Waals surface area contributed by atoms with E-state index in [1.54, 1.807) is 24.3 Å². The topological polar surface area (TPSA) is 108 Å². The van der Waals surface area contributed by atoms with E-state index in [9.17, 15) is 9.50 Å². The first-order valence-electron chi connectivity index (χ1n) is 7.53. The normalized spacial score (nSPS) is 15.4. The smallest absolute Gasteiger partial charge is 0.320 e. The van der Waals surface area contributed by atoms with Crippen molar-refractivity contribution in [1.82, 2.24) is 19.5 Å². The van der Waals surface area contributed by atoms with Gasteiger partial charge in [0, 0.05) is 0 Å². The van der Waals surface area contributed by atoms with Gasteiger partial charge in [-0.25, -0.2) is 4.39 Å². The lowest BCUT2D eigenvalue weighted by Crippen LogP contribution is -2.07. The van der Waals surface area contributed by atoms with Crippen molar-refractivity contribution < 1.29 is 19.0 Å². The number of imidazole rings is 1. The summed E-state index contributed by atoms with van der Waals surface area (Å²) in [6, 6.07) is 4.29. The lowest BCUT2D eigenvalue weighted by atomic mass is 10.2. The van der Waals surface area contributed by atoms with E-state index in [0.717, 1.165) is 0 Å². The van der Waals surface area contributed by atoms with Gasteiger partial charge in [0.1, 0.15) is 13.2 Å². The summed E-state index contributed by atoms with van der Waals surface area (Å²) in [6.45, 7) is 0.578. The maximum Gasteiger partial charge on any atom is 0.320 e. The van der Waals surface area contributed by atoms with E-state index in [2.05, 4.69) is 15.0 Å². The molecule has 1 aliphatic heterocycles. The number of aromatic hydroxyl groups is 1. The van der Waals surface area contributed by atoms with Gasteiger partial charge in [0.25, 0.3) is 6.01 Å². The summed E-state index contributed by atoms with van der Waals surface area (Å²) in [4.78, 5) is 12.3. The first kappa shape index (κ1) is 15.2. The van der Waals surface area contributed by atoms with Gasteiger partial charge < -0.3 is 20.3 Å². The van der Waals surface area contributed by atoms with Crippen LogP contribution in [0, 0.1) is 5.82 Å². The summed E-state index contributed by atoms with van der Waals surface area (Å²) < 4.78 is 26.2. The molecule has 0 spiro atoms. The fourth-order valence-electron chi connectivity index (χ4n) is 2.54. The maximum absolute atomic E-state index is 13.9. The second kappa shape index (κ2) is 5.93. The number of nitrogens with zero attached hydrogens (tertiary/aromatic N) is 4. The molecule has 0 atom stereocenters. The Bertz CT molecular complexity index is 986. The highest BCUT2D eigenvalue weighted by molar-refractivity contribution is 5.83. The van der Waals surface area contributed by atoms with Crippen LogP contribution in [-0.2, 0) is 6.54 Å². The number of nitrogens with two attached hydrogens (primary N) is 1. The molecule has 0 saturated heterocycles. The number of ether oxygens (including phenoxy) is 2. The monoisotopic (exact) mass is 343 g/mol. The third-order valence-corrected chi connectivity index (χ3v) is 3.73. The van der Waals surface area contributed by atoms with Crippen LogP contribution in [0.2, 0.25) is 0 Å². The Morgan fingerprint density at radius 1 is 1.12 bits per heavy atom. The standard InChI is InChI=1S/C16H14FN5O3/c17-10-4-3-9-7-11(10)24-5-1-2-6-25-15-20-13(18)12-14(21-15)22(8-9)16(23)19-12/h1-4,7H,5-6,8H2,(H,19,23)(H2,18,20,21)/b2-1+. The molecule has 2 aromatic heterocycles. The average Bonchev–Trinajstić information content (AvgIpc) is 2.90.